The Bertz CT molecular complexity index is 1320. The van der Waals surface area contributed by atoms with Crippen molar-refractivity contribution < 1.29 is 0 Å². The summed E-state index contributed by atoms with van der Waals surface area (Å²) in [5.41, 5.74) is 8.39. The van der Waals surface area contributed by atoms with E-state index in [9.17, 15) is 0 Å². The molecule has 0 aliphatic heterocycles. The monoisotopic (exact) mass is 440 g/mol. The minimum atomic E-state index is -0.572. The molecule has 1 aromatic heterocycles. The fraction of sp³-hybridized carbons (Fsp3) is 0.0938. The Labute approximate surface area is 201 Å². The number of hydrogen-bond donors (Lipinski definition) is 0. The SMILES string of the molecule is C=C(c1cn(C(c2ccccc2)(c2ccccc2)c2ccccc2)cn1)c1cccc(C)c1C. The van der Waals surface area contributed by atoms with Gasteiger partial charge in [-0.3, -0.25) is 0 Å². The lowest BCUT2D eigenvalue weighted by atomic mass is 9.76. The number of imidazole rings is 1. The zero-order chi connectivity index (χ0) is 23.5. The van der Waals surface area contributed by atoms with Gasteiger partial charge in [0.15, 0.2) is 0 Å². The third-order valence-electron chi connectivity index (χ3n) is 6.78. The van der Waals surface area contributed by atoms with Crippen molar-refractivity contribution in [2.24, 2.45) is 0 Å². The summed E-state index contributed by atoms with van der Waals surface area (Å²) in [4.78, 5) is 4.87. The van der Waals surface area contributed by atoms with E-state index in [1.165, 1.54) is 27.8 Å². The van der Waals surface area contributed by atoms with E-state index in [0.717, 1.165) is 16.8 Å². The van der Waals surface area contributed by atoms with Crippen molar-refractivity contribution in [3.8, 4) is 0 Å². The molecular weight excluding hydrogens is 412 g/mol. The summed E-state index contributed by atoms with van der Waals surface area (Å²) >= 11 is 0. The average Bonchev–Trinajstić information content (AvgIpc) is 3.38. The highest BCUT2D eigenvalue weighted by Gasteiger charge is 2.38. The van der Waals surface area contributed by atoms with Gasteiger partial charge in [0.05, 0.1) is 12.0 Å². The van der Waals surface area contributed by atoms with Crippen molar-refractivity contribution in [1.29, 1.82) is 0 Å². The minimum Gasteiger partial charge on any atom is -0.318 e. The number of hydrogen-bond acceptors (Lipinski definition) is 1. The van der Waals surface area contributed by atoms with Crippen molar-refractivity contribution in [2.75, 3.05) is 0 Å². The van der Waals surface area contributed by atoms with Gasteiger partial charge in [0.1, 0.15) is 5.54 Å². The Kier molecular flexibility index (Phi) is 5.73. The van der Waals surface area contributed by atoms with Gasteiger partial charge in [-0.2, -0.15) is 0 Å². The van der Waals surface area contributed by atoms with E-state index in [1.807, 2.05) is 6.33 Å². The Morgan fingerprint density at radius 3 is 1.68 bits per heavy atom. The standard InChI is InChI=1S/C32H28N2/c1-24-14-13-21-30(25(24)2)26(3)31-22-34(23-33-31)32(27-15-7-4-8-16-27,28-17-9-5-10-18-28)29-19-11-6-12-20-29/h4-23H,3H2,1-2H3. The molecule has 0 aliphatic rings. The maximum absolute atomic E-state index is 4.87. The normalized spacial score (nSPS) is 11.4. The first kappa shape index (κ1) is 21.7. The van der Waals surface area contributed by atoms with E-state index in [4.69, 9.17) is 4.98 Å². The molecule has 4 aromatic carbocycles. The number of benzene rings is 4. The first-order chi connectivity index (χ1) is 16.6. The fourth-order valence-electron chi connectivity index (χ4n) is 4.86. The largest absolute Gasteiger partial charge is 0.318 e. The predicted molar refractivity (Wildman–Crippen MR) is 141 cm³/mol. The minimum absolute atomic E-state index is 0.572. The molecule has 34 heavy (non-hydrogen) atoms. The topological polar surface area (TPSA) is 17.8 Å². The van der Waals surface area contributed by atoms with E-state index in [2.05, 4.69) is 140 Å². The number of aryl methyl sites for hydroxylation is 1. The third kappa shape index (κ3) is 3.58. The second kappa shape index (κ2) is 8.99. The van der Waals surface area contributed by atoms with Crippen LogP contribution in [0, 0.1) is 13.8 Å². The first-order valence-corrected chi connectivity index (χ1v) is 11.6. The summed E-state index contributed by atoms with van der Waals surface area (Å²) in [6, 6.07) is 38.3. The van der Waals surface area contributed by atoms with Crippen LogP contribution in [0.3, 0.4) is 0 Å². The summed E-state index contributed by atoms with van der Waals surface area (Å²) < 4.78 is 2.23. The molecule has 0 saturated heterocycles. The van der Waals surface area contributed by atoms with Gasteiger partial charge in [0, 0.05) is 11.8 Å². The Hall–Kier alpha value is -4.17. The fourth-order valence-corrected chi connectivity index (χ4v) is 4.86. The highest BCUT2D eigenvalue weighted by Crippen LogP contribution is 2.41. The summed E-state index contributed by atoms with van der Waals surface area (Å²) in [5.74, 6) is 0. The van der Waals surface area contributed by atoms with Crippen LogP contribution < -0.4 is 0 Å². The highest BCUT2D eigenvalue weighted by atomic mass is 15.1. The van der Waals surface area contributed by atoms with Gasteiger partial charge < -0.3 is 4.57 Å². The van der Waals surface area contributed by atoms with Gasteiger partial charge >= 0.3 is 0 Å². The molecule has 0 unspecified atom stereocenters. The molecule has 0 aliphatic carbocycles. The average molecular weight is 441 g/mol. The second-order valence-electron chi connectivity index (χ2n) is 8.70. The van der Waals surface area contributed by atoms with Gasteiger partial charge in [0.2, 0.25) is 0 Å². The number of rotatable bonds is 6. The molecule has 0 amide bonds. The predicted octanol–water partition coefficient (Wildman–Crippen LogP) is 7.40. The van der Waals surface area contributed by atoms with Gasteiger partial charge in [0.25, 0.3) is 0 Å². The van der Waals surface area contributed by atoms with E-state index in [0.29, 0.717) is 0 Å². The third-order valence-corrected chi connectivity index (χ3v) is 6.78. The second-order valence-corrected chi connectivity index (χ2v) is 8.70. The van der Waals surface area contributed by atoms with Crippen LogP contribution in [0.1, 0.15) is 39.1 Å². The molecule has 5 rings (SSSR count). The molecule has 0 spiro atoms. The van der Waals surface area contributed by atoms with Crippen molar-refractivity contribution >= 4 is 5.57 Å². The van der Waals surface area contributed by atoms with E-state index in [-0.39, 0.29) is 0 Å². The molecule has 166 valence electrons. The van der Waals surface area contributed by atoms with E-state index < -0.39 is 5.54 Å². The molecule has 2 nitrogen and oxygen atoms in total. The molecule has 0 radical (unpaired) electrons. The molecule has 1 heterocycles. The lowest BCUT2D eigenvalue weighted by Crippen LogP contribution is -2.36. The zero-order valence-corrected chi connectivity index (χ0v) is 19.6. The van der Waals surface area contributed by atoms with Crippen LogP contribution in [0.2, 0.25) is 0 Å². The molecular formula is C32H28N2. The molecule has 0 N–H and O–H groups in total. The molecule has 0 bridgehead atoms. The lowest BCUT2D eigenvalue weighted by molar-refractivity contribution is 0.514. The Balaban J connectivity index is 1.75. The highest BCUT2D eigenvalue weighted by molar-refractivity contribution is 5.78. The Morgan fingerprint density at radius 1 is 0.676 bits per heavy atom. The molecule has 5 aromatic rings. The Morgan fingerprint density at radius 2 is 1.18 bits per heavy atom. The maximum Gasteiger partial charge on any atom is 0.121 e. The van der Waals surface area contributed by atoms with Crippen molar-refractivity contribution in [2.45, 2.75) is 19.4 Å². The van der Waals surface area contributed by atoms with Crippen molar-refractivity contribution in [1.82, 2.24) is 9.55 Å². The molecule has 0 saturated carbocycles. The van der Waals surface area contributed by atoms with Crippen LogP contribution in [0.25, 0.3) is 5.57 Å². The molecule has 2 heteroatoms. The zero-order valence-electron chi connectivity index (χ0n) is 19.6. The van der Waals surface area contributed by atoms with Gasteiger partial charge in [-0.15, -0.1) is 0 Å². The summed E-state index contributed by atoms with van der Waals surface area (Å²) in [6.07, 6.45) is 4.08. The quantitative estimate of drug-likeness (QED) is 0.252. The van der Waals surface area contributed by atoms with Gasteiger partial charge in [-0.25, -0.2) is 4.98 Å². The van der Waals surface area contributed by atoms with Crippen molar-refractivity contribution in [3.05, 3.63) is 167 Å². The maximum atomic E-state index is 4.87. The molecule has 0 fully saturated rings. The van der Waals surface area contributed by atoms with Gasteiger partial charge in [-0.05, 0) is 47.2 Å². The van der Waals surface area contributed by atoms with Crippen LogP contribution >= 0.6 is 0 Å². The smallest absolute Gasteiger partial charge is 0.121 e. The molecule has 0 atom stereocenters. The lowest BCUT2D eigenvalue weighted by Gasteiger charge is -2.37. The van der Waals surface area contributed by atoms with Crippen LogP contribution in [0.15, 0.2) is 128 Å². The van der Waals surface area contributed by atoms with Crippen molar-refractivity contribution in [3.63, 3.8) is 0 Å². The number of aromatic nitrogens is 2. The summed E-state index contributed by atoms with van der Waals surface area (Å²) in [5, 5.41) is 0. The summed E-state index contributed by atoms with van der Waals surface area (Å²) in [7, 11) is 0. The van der Waals surface area contributed by atoms with Crippen LogP contribution in [-0.2, 0) is 5.54 Å². The van der Waals surface area contributed by atoms with Crippen LogP contribution in [0.5, 0.6) is 0 Å². The summed E-state index contributed by atoms with van der Waals surface area (Å²) in [6.45, 7) is 8.72. The van der Waals surface area contributed by atoms with Crippen LogP contribution in [-0.4, -0.2) is 9.55 Å². The van der Waals surface area contributed by atoms with Gasteiger partial charge in [-0.1, -0.05) is 116 Å². The van der Waals surface area contributed by atoms with E-state index in [1.54, 1.807) is 0 Å². The van der Waals surface area contributed by atoms with Crippen LogP contribution in [0.4, 0.5) is 0 Å². The number of nitrogens with zero attached hydrogens (tertiary/aromatic N) is 2. The first-order valence-electron chi connectivity index (χ1n) is 11.6. The van der Waals surface area contributed by atoms with E-state index >= 15 is 0 Å².